The summed E-state index contributed by atoms with van der Waals surface area (Å²) >= 11 is 5.74. The summed E-state index contributed by atoms with van der Waals surface area (Å²) in [5.74, 6) is 0.167. The highest BCUT2D eigenvalue weighted by Gasteiger charge is 2.06. The van der Waals surface area contributed by atoms with Crippen molar-refractivity contribution in [2.45, 2.75) is 6.92 Å². The minimum atomic E-state index is -0.640. The first-order chi connectivity index (χ1) is 9.06. The summed E-state index contributed by atoms with van der Waals surface area (Å²) in [5.41, 5.74) is 2.77. The highest BCUT2D eigenvalue weighted by atomic mass is 35.5. The summed E-state index contributed by atoms with van der Waals surface area (Å²) in [5, 5.41) is 14.1. The Hall–Kier alpha value is -2.27. The van der Waals surface area contributed by atoms with Crippen molar-refractivity contribution < 1.29 is 9.52 Å². The molecule has 0 fully saturated rings. The maximum Gasteiger partial charge on any atom is 0.348 e. The van der Waals surface area contributed by atoms with Crippen molar-refractivity contribution in [1.29, 1.82) is 0 Å². The second-order valence-electron chi connectivity index (χ2n) is 3.82. The van der Waals surface area contributed by atoms with Crippen LogP contribution in [0, 0.1) is 6.92 Å². The Labute approximate surface area is 114 Å². The lowest BCUT2D eigenvalue weighted by molar-refractivity contribution is 0.433. The summed E-state index contributed by atoms with van der Waals surface area (Å²) in [6, 6.07) is 8.23. The average molecular weight is 279 g/mol. The zero-order valence-corrected chi connectivity index (χ0v) is 10.8. The van der Waals surface area contributed by atoms with Gasteiger partial charge in [0.1, 0.15) is 17.1 Å². The second kappa shape index (κ2) is 5.58. The van der Waals surface area contributed by atoms with E-state index in [2.05, 4.69) is 10.5 Å². The largest absolute Gasteiger partial charge is 0.507 e. The van der Waals surface area contributed by atoms with E-state index in [4.69, 9.17) is 16.0 Å². The summed E-state index contributed by atoms with van der Waals surface area (Å²) in [4.78, 5) is 11.5. The van der Waals surface area contributed by atoms with Crippen LogP contribution in [0.4, 0.5) is 5.69 Å². The van der Waals surface area contributed by atoms with Gasteiger partial charge in [0.2, 0.25) is 0 Å². The molecule has 0 atom stereocenters. The number of hydrogen-bond donors (Lipinski definition) is 2. The van der Waals surface area contributed by atoms with Crippen LogP contribution in [0.5, 0.6) is 5.75 Å². The van der Waals surface area contributed by atoms with Crippen molar-refractivity contribution in [3.63, 3.8) is 0 Å². The van der Waals surface area contributed by atoms with E-state index in [0.29, 0.717) is 16.5 Å². The Kier molecular flexibility index (Phi) is 3.87. The van der Waals surface area contributed by atoms with Gasteiger partial charge in [0, 0.05) is 11.1 Å². The van der Waals surface area contributed by atoms with E-state index >= 15 is 0 Å². The van der Waals surface area contributed by atoms with Crippen LogP contribution >= 0.6 is 11.6 Å². The van der Waals surface area contributed by atoms with Crippen molar-refractivity contribution in [2.75, 3.05) is 5.43 Å². The normalized spacial score (nSPS) is 10.8. The molecule has 5 nitrogen and oxygen atoms in total. The SMILES string of the molecule is Cc1cc(O)c(/C=N\Nc2ccc(Cl)cc2)c(=O)o1. The molecule has 0 bridgehead atoms. The van der Waals surface area contributed by atoms with Crippen LogP contribution in [-0.2, 0) is 0 Å². The Morgan fingerprint density at radius 3 is 2.68 bits per heavy atom. The Morgan fingerprint density at radius 1 is 1.37 bits per heavy atom. The molecule has 1 aromatic carbocycles. The predicted octanol–water partition coefficient (Wildman–Crippen LogP) is 2.75. The number of aromatic hydroxyl groups is 1. The van der Waals surface area contributed by atoms with E-state index in [1.54, 1.807) is 31.2 Å². The maximum atomic E-state index is 11.5. The molecule has 98 valence electrons. The molecule has 1 aromatic heterocycles. The molecule has 0 aliphatic rings. The van der Waals surface area contributed by atoms with E-state index in [1.165, 1.54) is 12.3 Å². The zero-order chi connectivity index (χ0) is 13.8. The van der Waals surface area contributed by atoms with Gasteiger partial charge in [0.15, 0.2) is 0 Å². The Morgan fingerprint density at radius 2 is 2.05 bits per heavy atom. The maximum absolute atomic E-state index is 11.5. The molecule has 0 aliphatic heterocycles. The third-order valence-corrected chi connectivity index (χ3v) is 2.57. The lowest BCUT2D eigenvalue weighted by Gasteiger charge is -2.00. The second-order valence-corrected chi connectivity index (χ2v) is 4.26. The first-order valence-electron chi connectivity index (χ1n) is 5.44. The van der Waals surface area contributed by atoms with Gasteiger partial charge in [-0.1, -0.05) is 11.6 Å². The van der Waals surface area contributed by atoms with Crippen LogP contribution in [0.15, 0.2) is 44.6 Å². The lowest BCUT2D eigenvalue weighted by Crippen LogP contribution is -2.08. The molecule has 0 saturated carbocycles. The highest BCUT2D eigenvalue weighted by Crippen LogP contribution is 2.14. The lowest BCUT2D eigenvalue weighted by atomic mass is 10.2. The summed E-state index contributed by atoms with van der Waals surface area (Å²) in [6.07, 6.45) is 1.20. The number of hydrogen-bond acceptors (Lipinski definition) is 5. The van der Waals surface area contributed by atoms with E-state index in [0.717, 1.165) is 0 Å². The number of halogens is 1. The molecular formula is C13H11ClN2O3. The summed E-state index contributed by atoms with van der Waals surface area (Å²) in [7, 11) is 0. The fourth-order valence-corrected chi connectivity index (χ4v) is 1.55. The number of hydrazone groups is 1. The molecule has 2 aromatic rings. The van der Waals surface area contributed by atoms with Crippen LogP contribution in [0.3, 0.4) is 0 Å². The monoisotopic (exact) mass is 278 g/mol. The van der Waals surface area contributed by atoms with Gasteiger partial charge in [-0.05, 0) is 31.2 Å². The minimum absolute atomic E-state index is 0.00735. The standard InChI is InChI=1S/C13H11ClN2O3/c1-8-6-12(17)11(13(18)19-8)7-15-16-10-4-2-9(14)3-5-10/h2-7,16-17H,1H3/b15-7-. The fraction of sp³-hybridized carbons (Fsp3) is 0.0769. The van der Waals surface area contributed by atoms with Crippen molar-refractivity contribution >= 4 is 23.5 Å². The first kappa shape index (κ1) is 13.2. The van der Waals surface area contributed by atoms with Crippen molar-refractivity contribution in [3.05, 3.63) is 57.1 Å². The minimum Gasteiger partial charge on any atom is -0.507 e. The van der Waals surface area contributed by atoms with Crippen molar-refractivity contribution in [3.8, 4) is 5.75 Å². The topological polar surface area (TPSA) is 74.8 Å². The van der Waals surface area contributed by atoms with E-state index in [1.807, 2.05) is 0 Å². The van der Waals surface area contributed by atoms with Crippen LogP contribution in [0.2, 0.25) is 5.02 Å². The van der Waals surface area contributed by atoms with Crippen LogP contribution in [-0.4, -0.2) is 11.3 Å². The average Bonchev–Trinajstić information content (AvgIpc) is 2.34. The van der Waals surface area contributed by atoms with E-state index in [9.17, 15) is 9.90 Å². The molecule has 0 saturated heterocycles. The number of aryl methyl sites for hydroxylation is 1. The molecular weight excluding hydrogens is 268 g/mol. The van der Waals surface area contributed by atoms with Gasteiger partial charge < -0.3 is 9.52 Å². The van der Waals surface area contributed by atoms with Gasteiger partial charge in [-0.15, -0.1) is 0 Å². The molecule has 6 heteroatoms. The Bertz CT molecular complexity index is 663. The van der Waals surface area contributed by atoms with Gasteiger partial charge in [0.25, 0.3) is 0 Å². The number of anilines is 1. The van der Waals surface area contributed by atoms with Crippen LogP contribution in [0.1, 0.15) is 11.3 Å². The molecule has 0 unspecified atom stereocenters. The van der Waals surface area contributed by atoms with Gasteiger partial charge in [0.05, 0.1) is 11.9 Å². The highest BCUT2D eigenvalue weighted by molar-refractivity contribution is 6.30. The van der Waals surface area contributed by atoms with E-state index < -0.39 is 5.63 Å². The number of rotatable bonds is 3. The van der Waals surface area contributed by atoms with Crippen molar-refractivity contribution in [1.82, 2.24) is 0 Å². The Balaban J connectivity index is 2.15. The number of nitrogens with zero attached hydrogens (tertiary/aromatic N) is 1. The summed E-state index contributed by atoms with van der Waals surface area (Å²) < 4.78 is 4.86. The van der Waals surface area contributed by atoms with Crippen molar-refractivity contribution in [2.24, 2.45) is 5.10 Å². The van der Waals surface area contributed by atoms with Gasteiger partial charge in [-0.3, -0.25) is 5.43 Å². The number of nitrogens with one attached hydrogen (secondary N) is 1. The third-order valence-electron chi connectivity index (χ3n) is 2.32. The van der Waals surface area contributed by atoms with E-state index in [-0.39, 0.29) is 11.3 Å². The fourth-order valence-electron chi connectivity index (χ4n) is 1.42. The summed E-state index contributed by atoms with van der Waals surface area (Å²) in [6.45, 7) is 1.58. The first-order valence-corrected chi connectivity index (χ1v) is 5.82. The third kappa shape index (κ3) is 3.35. The molecule has 0 radical (unpaired) electrons. The number of benzene rings is 1. The quantitative estimate of drug-likeness (QED) is 0.669. The molecule has 2 N–H and O–H groups in total. The van der Waals surface area contributed by atoms with Crippen LogP contribution < -0.4 is 11.1 Å². The van der Waals surface area contributed by atoms with Gasteiger partial charge in [-0.2, -0.15) is 5.10 Å². The molecule has 0 amide bonds. The predicted molar refractivity (Wildman–Crippen MR) is 74.0 cm³/mol. The molecule has 19 heavy (non-hydrogen) atoms. The molecule has 0 aliphatic carbocycles. The van der Waals surface area contributed by atoms with Gasteiger partial charge in [-0.25, -0.2) is 4.79 Å². The van der Waals surface area contributed by atoms with Gasteiger partial charge >= 0.3 is 5.63 Å². The molecule has 2 rings (SSSR count). The smallest absolute Gasteiger partial charge is 0.348 e. The zero-order valence-electron chi connectivity index (χ0n) is 10.1. The van der Waals surface area contributed by atoms with Crippen LogP contribution in [0.25, 0.3) is 0 Å². The molecule has 1 heterocycles. The molecule has 0 spiro atoms.